The molecule has 0 saturated carbocycles. The number of carboxylic acids is 1. The van der Waals surface area contributed by atoms with Crippen molar-refractivity contribution in [3.8, 4) is 0 Å². The van der Waals surface area contributed by atoms with Gasteiger partial charge in [-0.1, -0.05) is 0 Å². The Balaban J connectivity index is 4.02. The maximum atomic E-state index is 11.0. The molecule has 0 aromatic carbocycles. The van der Waals surface area contributed by atoms with E-state index in [0.717, 1.165) is 0 Å². The molecule has 1 atom stereocenters. The Morgan fingerprint density at radius 1 is 1.43 bits per heavy atom. The molecule has 0 aromatic rings. The van der Waals surface area contributed by atoms with Crippen molar-refractivity contribution in [3.05, 3.63) is 0 Å². The minimum Gasteiger partial charge on any atom is -0.480 e. The Morgan fingerprint density at radius 3 is 2.36 bits per heavy atom. The zero-order chi connectivity index (χ0) is 11.1. The predicted octanol–water partition coefficient (Wildman–Crippen LogP) is -1.40. The van der Waals surface area contributed by atoms with Crippen LogP contribution in [0, 0.1) is 0 Å². The molecule has 0 heterocycles. The molecule has 0 aliphatic carbocycles. The molecule has 2 amide bonds. The molecule has 0 aliphatic rings. The minimum atomic E-state index is -1.17. The van der Waals surface area contributed by atoms with E-state index in [2.05, 4.69) is 10.7 Å². The first-order chi connectivity index (χ1) is 6.47. The van der Waals surface area contributed by atoms with Crippen molar-refractivity contribution in [2.75, 3.05) is 20.7 Å². The third-order valence-electron chi connectivity index (χ3n) is 1.35. The first-order valence-corrected chi connectivity index (χ1v) is 4.05. The van der Waals surface area contributed by atoms with Crippen molar-refractivity contribution < 1.29 is 19.8 Å². The van der Waals surface area contributed by atoms with Gasteiger partial charge in [0.25, 0.3) is 0 Å². The summed E-state index contributed by atoms with van der Waals surface area (Å²) in [6.07, 6.45) is -0.0177. The lowest BCUT2D eigenvalue weighted by Gasteiger charge is -2.16. The summed E-state index contributed by atoms with van der Waals surface area (Å²) < 4.78 is 0. The zero-order valence-electron chi connectivity index (χ0n) is 8.15. The second kappa shape index (κ2) is 6.17. The fourth-order valence-electron chi connectivity index (χ4n) is 0.780. The molecule has 14 heavy (non-hydrogen) atoms. The molecule has 1 unspecified atom stereocenters. The number of hydrogen-bond donors (Lipinski definition) is 4. The van der Waals surface area contributed by atoms with Crippen LogP contribution in [-0.2, 0) is 4.79 Å². The summed E-state index contributed by atoms with van der Waals surface area (Å²) in [7, 11) is 3.20. The summed E-state index contributed by atoms with van der Waals surface area (Å²) in [6, 6.07) is -1.68. The van der Waals surface area contributed by atoms with Gasteiger partial charge in [-0.15, -0.1) is 0 Å². The normalized spacial score (nSPS) is 12.3. The average Bonchev–Trinajstić information content (AvgIpc) is 2.01. The van der Waals surface area contributed by atoms with E-state index in [-0.39, 0.29) is 13.0 Å². The van der Waals surface area contributed by atoms with Gasteiger partial charge in [-0.3, -0.25) is 5.43 Å². The number of nitrogens with one attached hydrogen (secondary N) is 2. The van der Waals surface area contributed by atoms with E-state index in [9.17, 15) is 9.59 Å². The van der Waals surface area contributed by atoms with Crippen LogP contribution in [0.4, 0.5) is 4.79 Å². The molecule has 0 bridgehead atoms. The highest BCUT2D eigenvalue weighted by Crippen LogP contribution is 1.90. The second-order valence-corrected chi connectivity index (χ2v) is 2.88. The summed E-state index contributed by atoms with van der Waals surface area (Å²) >= 11 is 0. The lowest BCUT2D eigenvalue weighted by atomic mass is 10.2. The zero-order valence-corrected chi connectivity index (χ0v) is 8.15. The summed E-state index contributed by atoms with van der Waals surface area (Å²) in [5.41, 5.74) is 2.32. The van der Waals surface area contributed by atoms with E-state index in [1.807, 2.05) is 0 Å². The summed E-state index contributed by atoms with van der Waals surface area (Å²) in [5, 5.41) is 20.7. The maximum Gasteiger partial charge on any atom is 0.330 e. The number of aliphatic hydroxyl groups excluding tert-OH is 1. The summed E-state index contributed by atoms with van der Waals surface area (Å²) in [5.74, 6) is -1.17. The van der Waals surface area contributed by atoms with Gasteiger partial charge in [0.05, 0.1) is 0 Å². The topological polar surface area (TPSA) is 102 Å². The number of rotatable bonds is 5. The lowest BCUT2D eigenvalue weighted by molar-refractivity contribution is -0.139. The fraction of sp³-hybridized carbons (Fsp3) is 0.714. The third kappa shape index (κ3) is 5.33. The first-order valence-electron chi connectivity index (χ1n) is 4.05. The van der Waals surface area contributed by atoms with E-state index in [4.69, 9.17) is 10.2 Å². The van der Waals surface area contributed by atoms with E-state index >= 15 is 0 Å². The van der Waals surface area contributed by atoms with Crippen LogP contribution in [0.3, 0.4) is 0 Å². The van der Waals surface area contributed by atoms with E-state index < -0.39 is 18.0 Å². The van der Waals surface area contributed by atoms with E-state index in [0.29, 0.717) is 0 Å². The van der Waals surface area contributed by atoms with Crippen LogP contribution < -0.4 is 10.7 Å². The van der Waals surface area contributed by atoms with Crippen LogP contribution in [0.2, 0.25) is 0 Å². The first kappa shape index (κ1) is 12.7. The largest absolute Gasteiger partial charge is 0.480 e. The number of carbonyl (C=O) groups excluding carboxylic acids is 1. The van der Waals surface area contributed by atoms with Crippen molar-refractivity contribution in [1.82, 2.24) is 15.8 Å². The van der Waals surface area contributed by atoms with Gasteiger partial charge in [0.1, 0.15) is 6.04 Å². The van der Waals surface area contributed by atoms with Crippen LogP contribution in [-0.4, -0.2) is 54.0 Å². The predicted molar refractivity (Wildman–Crippen MR) is 48.5 cm³/mol. The quantitative estimate of drug-likeness (QED) is 0.413. The molecule has 7 nitrogen and oxygen atoms in total. The van der Waals surface area contributed by atoms with Crippen molar-refractivity contribution in [1.29, 1.82) is 0 Å². The molecule has 0 saturated heterocycles. The maximum absolute atomic E-state index is 11.0. The third-order valence-corrected chi connectivity index (χ3v) is 1.35. The number of nitrogens with zero attached hydrogens (tertiary/aromatic N) is 1. The molecule has 4 N–H and O–H groups in total. The molecule has 0 fully saturated rings. The molecule has 0 aliphatic heterocycles. The summed E-state index contributed by atoms with van der Waals surface area (Å²) in [6.45, 7) is -0.292. The van der Waals surface area contributed by atoms with Gasteiger partial charge in [-0.05, 0) is 0 Å². The molecule has 7 heteroatoms. The molecular formula is C7H15N3O4. The van der Waals surface area contributed by atoms with Gasteiger partial charge in [0.15, 0.2) is 0 Å². The fourth-order valence-corrected chi connectivity index (χ4v) is 0.780. The molecule has 0 spiro atoms. The van der Waals surface area contributed by atoms with E-state index in [1.165, 1.54) is 5.01 Å². The Bertz CT molecular complexity index is 207. The van der Waals surface area contributed by atoms with Gasteiger partial charge in [0.2, 0.25) is 0 Å². The van der Waals surface area contributed by atoms with Gasteiger partial charge in [-0.25, -0.2) is 14.6 Å². The highest BCUT2D eigenvalue weighted by atomic mass is 16.4. The van der Waals surface area contributed by atoms with Crippen molar-refractivity contribution in [3.63, 3.8) is 0 Å². The van der Waals surface area contributed by atoms with Crippen LogP contribution >= 0.6 is 0 Å². The van der Waals surface area contributed by atoms with Crippen molar-refractivity contribution >= 4 is 12.0 Å². The van der Waals surface area contributed by atoms with Crippen LogP contribution in [0.15, 0.2) is 0 Å². The highest BCUT2D eigenvalue weighted by Gasteiger charge is 2.18. The van der Waals surface area contributed by atoms with Crippen LogP contribution in [0.25, 0.3) is 0 Å². The number of amides is 2. The van der Waals surface area contributed by atoms with Gasteiger partial charge >= 0.3 is 12.0 Å². The van der Waals surface area contributed by atoms with Crippen molar-refractivity contribution in [2.24, 2.45) is 0 Å². The Labute approximate surface area is 81.7 Å². The molecule has 0 rings (SSSR count). The molecule has 0 radical (unpaired) electrons. The average molecular weight is 205 g/mol. The standard InChI is InChI=1S/C7H15N3O4/c1-10(2)9-7(14)8-5(3-4-11)6(12)13/h5,11H,3-4H2,1-2H3,(H,12,13)(H2,8,9,14). The van der Waals surface area contributed by atoms with Crippen LogP contribution in [0.1, 0.15) is 6.42 Å². The molecule has 0 aromatic heterocycles. The Kier molecular flexibility index (Phi) is 5.58. The number of hydrazine groups is 1. The number of carbonyl (C=O) groups is 2. The lowest BCUT2D eigenvalue weighted by Crippen LogP contribution is -2.50. The minimum absolute atomic E-state index is 0.0177. The summed E-state index contributed by atoms with van der Waals surface area (Å²) in [4.78, 5) is 21.6. The molecule has 82 valence electrons. The number of aliphatic carboxylic acids is 1. The van der Waals surface area contributed by atoms with Gasteiger partial charge < -0.3 is 15.5 Å². The second-order valence-electron chi connectivity index (χ2n) is 2.88. The van der Waals surface area contributed by atoms with Gasteiger partial charge in [-0.2, -0.15) is 0 Å². The number of hydrogen-bond acceptors (Lipinski definition) is 4. The monoisotopic (exact) mass is 205 g/mol. The number of aliphatic hydroxyl groups is 1. The Morgan fingerprint density at radius 2 is 2.00 bits per heavy atom. The Hall–Kier alpha value is -1.34. The van der Waals surface area contributed by atoms with E-state index in [1.54, 1.807) is 14.1 Å². The SMILES string of the molecule is CN(C)NC(=O)NC(CCO)C(=O)O. The highest BCUT2D eigenvalue weighted by molar-refractivity contribution is 5.82. The van der Waals surface area contributed by atoms with Gasteiger partial charge in [0, 0.05) is 27.1 Å². The number of carboxylic acid groups (broad SMARTS) is 1. The molecular weight excluding hydrogens is 190 g/mol. The van der Waals surface area contributed by atoms with Crippen molar-refractivity contribution in [2.45, 2.75) is 12.5 Å². The number of urea groups is 1. The smallest absolute Gasteiger partial charge is 0.330 e. The van der Waals surface area contributed by atoms with Crippen LogP contribution in [0.5, 0.6) is 0 Å².